The van der Waals surface area contributed by atoms with Crippen molar-refractivity contribution in [1.82, 2.24) is 10.2 Å². The second-order valence-electron chi connectivity index (χ2n) is 11.2. The molecule has 0 saturated heterocycles. The van der Waals surface area contributed by atoms with Gasteiger partial charge in [0.05, 0.1) is 24.8 Å². The van der Waals surface area contributed by atoms with Gasteiger partial charge in [-0.2, -0.15) is 0 Å². The fraction of sp³-hybridized carbons (Fsp3) is 0.278. The number of hydrogen-bond acceptors (Lipinski definition) is 6. The van der Waals surface area contributed by atoms with E-state index in [0.29, 0.717) is 22.8 Å². The van der Waals surface area contributed by atoms with E-state index >= 15 is 0 Å². The lowest BCUT2D eigenvalue weighted by molar-refractivity contribution is -0.140. The van der Waals surface area contributed by atoms with Gasteiger partial charge in [-0.05, 0) is 73.0 Å². The maximum absolute atomic E-state index is 14.6. The first kappa shape index (κ1) is 36.2. The Kier molecular flexibility index (Phi) is 12.4. The minimum atomic E-state index is -4.45. The van der Waals surface area contributed by atoms with Crippen molar-refractivity contribution in [2.75, 3.05) is 25.1 Å². The van der Waals surface area contributed by atoms with Crippen molar-refractivity contribution in [2.24, 2.45) is 0 Å². The molecule has 2 amide bonds. The standard InChI is InChI=1S/C36H39ClFN3O6S/c1-5-25(2)39-36(43)32(21-26-10-7-6-8-11-26)40(23-27-12-9-13-28(37)20-27)35(42)24-41(30-16-14-29(38)15-17-30)48(44,45)31-18-19-33(46-3)34(22-31)47-4/h6-20,22,25,32H,5,21,23-24H2,1-4H3,(H,39,43). The van der Waals surface area contributed by atoms with Crippen molar-refractivity contribution in [3.63, 3.8) is 0 Å². The Hall–Kier alpha value is -4.61. The van der Waals surface area contributed by atoms with Gasteiger partial charge < -0.3 is 19.7 Å². The summed E-state index contributed by atoms with van der Waals surface area (Å²) in [6.45, 7) is 3.06. The molecule has 0 saturated carbocycles. The zero-order chi connectivity index (χ0) is 34.8. The molecule has 0 aliphatic heterocycles. The summed E-state index contributed by atoms with van der Waals surface area (Å²) in [7, 11) is -1.65. The van der Waals surface area contributed by atoms with Gasteiger partial charge in [0.25, 0.3) is 10.0 Å². The molecule has 0 aromatic heterocycles. The largest absolute Gasteiger partial charge is 0.493 e. The summed E-state index contributed by atoms with van der Waals surface area (Å²) in [6.07, 6.45) is 0.822. The monoisotopic (exact) mass is 695 g/mol. The Balaban J connectivity index is 1.83. The fourth-order valence-electron chi connectivity index (χ4n) is 5.07. The Morgan fingerprint density at radius 1 is 0.875 bits per heavy atom. The molecule has 48 heavy (non-hydrogen) atoms. The second kappa shape index (κ2) is 16.5. The van der Waals surface area contributed by atoms with Crippen LogP contribution in [0.2, 0.25) is 5.02 Å². The third-order valence-electron chi connectivity index (χ3n) is 7.85. The number of carbonyl (C=O) groups is 2. The number of carbonyl (C=O) groups excluding carboxylic acids is 2. The van der Waals surface area contributed by atoms with Crippen LogP contribution in [0.1, 0.15) is 31.4 Å². The van der Waals surface area contributed by atoms with E-state index in [-0.39, 0.29) is 41.2 Å². The molecule has 2 unspecified atom stereocenters. The molecular formula is C36H39ClFN3O6S. The molecule has 254 valence electrons. The van der Waals surface area contributed by atoms with Gasteiger partial charge >= 0.3 is 0 Å². The Bertz CT molecular complexity index is 1810. The van der Waals surface area contributed by atoms with Crippen LogP contribution in [0.4, 0.5) is 10.1 Å². The van der Waals surface area contributed by atoms with E-state index in [4.69, 9.17) is 21.1 Å². The first-order valence-electron chi connectivity index (χ1n) is 15.3. The molecule has 0 radical (unpaired) electrons. The smallest absolute Gasteiger partial charge is 0.264 e. The van der Waals surface area contributed by atoms with Crippen molar-refractivity contribution >= 4 is 39.1 Å². The first-order valence-corrected chi connectivity index (χ1v) is 17.2. The lowest BCUT2D eigenvalue weighted by Gasteiger charge is -2.34. The van der Waals surface area contributed by atoms with Crippen molar-refractivity contribution in [3.8, 4) is 11.5 Å². The number of benzene rings is 4. The van der Waals surface area contributed by atoms with E-state index < -0.39 is 34.3 Å². The number of nitrogens with zero attached hydrogens (tertiary/aromatic N) is 2. The number of sulfonamides is 1. The van der Waals surface area contributed by atoms with Crippen LogP contribution in [0.25, 0.3) is 0 Å². The number of amides is 2. The lowest BCUT2D eigenvalue weighted by atomic mass is 10.0. The average Bonchev–Trinajstić information content (AvgIpc) is 3.09. The minimum Gasteiger partial charge on any atom is -0.493 e. The summed E-state index contributed by atoms with van der Waals surface area (Å²) >= 11 is 6.30. The van der Waals surface area contributed by atoms with Crippen LogP contribution in [0.5, 0.6) is 11.5 Å². The van der Waals surface area contributed by atoms with Crippen molar-refractivity contribution in [1.29, 1.82) is 0 Å². The second-order valence-corrected chi connectivity index (χ2v) is 13.5. The highest BCUT2D eigenvalue weighted by Gasteiger charge is 2.35. The van der Waals surface area contributed by atoms with Crippen molar-refractivity contribution in [3.05, 3.63) is 119 Å². The number of ether oxygens (including phenoxy) is 2. The van der Waals surface area contributed by atoms with Gasteiger partial charge in [0.15, 0.2) is 11.5 Å². The van der Waals surface area contributed by atoms with Gasteiger partial charge in [-0.3, -0.25) is 13.9 Å². The third-order valence-corrected chi connectivity index (χ3v) is 9.86. The van der Waals surface area contributed by atoms with E-state index in [2.05, 4.69) is 5.32 Å². The van der Waals surface area contributed by atoms with Gasteiger partial charge in [-0.1, -0.05) is 61.0 Å². The number of anilines is 1. The molecular weight excluding hydrogens is 657 g/mol. The predicted molar refractivity (Wildman–Crippen MR) is 184 cm³/mol. The van der Waals surface area contributed by atoms with Crippen molar-refractivity contribution in [2.45, 2.75) is 50.2 Å². The van der Waals surface area contributed by atoms with Crippen LogP contribution >= 0.6 is 11.6 Å². The number of nitrogens with one attached hydrogen (secondary N) is 1. The summed E-state index contributed by atoms with van der Waals surface area (Å²) < 4.78 is 54.1. The Labute approximate surface area is 286 Å². The van der Waals surface area contributed by atoms with E-state index in [1.165, 1.54) is 49.5 Å². The van der Waals surface area contributed by atoms with Crippen LogP contribution in [0.15, 0.2) is 102 Å². The lowest BCUT2D eigenvalue weighted by Crippen LogP contribution is -2.54. The Morgan fingerprint density at radius 2 is 1.54 bits per heavy atom. The van der Waals surface area contributed by atoms with Crippen LogP contribution in [-0.2, 0) is 32.6 Å². The molecule has 2 atom stereocenters. The maximum atomic E-state index is 14.6. The van der Waals surface area contributed by atoms with E-state index in [1.54, 1.807) is 24.3 Å². The van der Waals surface area contributed by atoms with Gasteiger partial charge in [0, 0.05) is 30.1 Å². The van der Waals surface area contributed by atoms with Crippen LogP contribution in [-0.4, -0.2) is 58.0 Å². The highest BCUT2D eigenvalue weighted by molar-refractivity contribution is 7.92. The maximum Gasteiger partial charge on any atom is 0.264 e. The zero-order valence-corrected chi connectivity index (χ0v) is 28.8. The predicted octanol–water partition coefficient (Wildman–Crippen LogP) is 6.25. The molecule has 12 heteroatoms. The van der Waals surface area contributed by atoms with Gasteiger partial charge in [-0.25, -0.2) is 12.8 Å². The number of rotatable bonds is 15. The van der Waals surface area contributed by atoms with Crippen molar-refractivity contribution < 1.29 is 31.9 Å². The van der Waals surface area contributed by atoms with E-state index in [0.717, 1.165) is 22.0 Å². The number of halogens is 2. The molecule has 4 aromatic rings. The summed E-state index contributed by atoms with van der Waals surface area (Å²) in [5.41, 5.74) is 1.49. The summed E-state index contributed by atoms with van der Waals surface area (Å²) in [4.78, 5) is 29.7. The molecule has 0 fully saturated rings. The number of methoxy groups -OCH3 is 2. The highest BCUT2D eigenvalue weighted by atomic mass is 35.5. The zero-order valence-electron chi connectivity index (χ0n) is 27.2. The highest BCUT2D eigenvalue weighted by Crippen LogP contribution is 2.32. The number of hydrogen-bond donors (Lipinski definition) is 1. The molecule has 0 aliphatic carbocycles. The first-order chi connectivity index (χ1) is 23.0. The molecule has 1 N–H and O–H groups in total. The van der Waals surface area contributed by atoms with Crippen LogP contribution < -0.4 is 19.1 Å². The topological polar surface area (TPSA) is 105 Å². The fourth-order valence-corrected chi connectivity index (χ4v) is 6.71. The minimum absolute atomic E-state index is 0.0432. The van der Waals surface area contributed by atoms with Crippen LogP contribution in [0.3, 0.4) is 0 Å². The summed E-state index contributed by atoms with van der Waals surface area (Å²) in [5, 5.41) is 3.43. The molecule has 9 nitrogen and oxygen atoms in total. The molecule has 0 heterocycles. The summed E-state index contributed by atoms with van der Waals surface area (Å²) in [6, 6.07) is 23.8. The Morgan fingerprint density at radius 3 is 2.17 bits per heavy atom. The summed E-state index contributed by atoms with van der Waals surface area (Å²) in [5.74, 6) is -1.16. The van der Waals surface area contributed by atoms with E-state index in [1.807, 2.05) is 44.2 Å². The van der Waals surface area contributed by atoms with Crippen LogP contribution in [0, 0.1) is 5.82 Å². The third kappa shape index (κ3) is 9.05. The molecule has 4 rings (SSSR count). The average molecular weight is 696 g/mol. The molecule has 0 spiro atoms. The molecule has 0 bridgehead atoms. The van der Waals surface area contributed by atoms with Gasteiger partial charge in [-0.15, -0.1) is 0 Å². The van der Waals surface area contributed by atoms with E-state index in [9.17, 15) is 22.4 Å². The molecule has 0 aliphatic rings. The molecule has 4 aromatic carbocycles. The van der Waals surface area contributed by atoms with Gasteiger partial charge in [0.2, 0.25) is 11.8 Å². The SMILES string of the molecule is CCC(C)NC(=O)C(Cc1ccccc1)N(Cc1cccc(Cl)c1)C(=O)CN(c1ccc(F)cc1)S(=O)(=O)c1ccc(OC)c(OC)c1. The normalized spacial score (nSPS) is 12.5. The quantitative estimate of drug-likeness (QED) is 0.158. The van der Waals surface area contributed by atoms with Gasteiger partial charge in [0.1, 0.15) is 18.4 Å².